The molecule has 1 amide bonds. The monoisotopic (exact) mass is 251 g/mol. The number of hydrogen-bond acceptors (Lipinski definition) is 2. The van der Waals surface area contributed by atoms with E-state index >= 15 is 0 Å². The first kappa shape index (κ1) is 12.0. The van der Waals surface area contributed by atoms with Crippen LogP contribution in [-0.2, 0) is 9.59 Å². The molecule has 4 nitrogen and oxygen atoms in total. The SMILES string of the molecule is O=C(O)[C@@H]1CCCCN1C(=O)C1CC2CCC1C2. The molecule has 3 unspecified atom stereocenters. The lowest BCUT2D eigenvalue weighted by atomic mass is 9.86. The summed E-state index contributed by atoms with van der Waals surface area (Å²) in [7, 11) is 0. The molecule has 3 fully saturated rings. The Hall–Kier alpha value is -1.06. The van der Waals surface area contributed by atoms with Crippen LogP contribution in [0.25, 0.3) is 0 Å². The molecular weight excluding hydrogens is 230 g/mol. The third-order valence-electron chi connectivity index (χ3n) is 5.13. The Labute approximate surface area is 107 Å². The third kappa shape index (κ3) is 1.91. The lowest BCUT2D eigenvalue weighted by Crippen LogP contribution is -2.50. The van der Waals surface area contributed by atoms with Gasteiger partial charge in [0, 0.05) is 12.5 Å². The summed E-state index contributed by atoms with van der Waals surface area (Å²) in [4.78, 5) is 25.5. The normalized spacial score (nSPS) is 39.0. The molecule has 0 aromatic rings. The van der Waals surface area contributed by atoms with Gasteiger partial charge >= 0.3 is 5.97 Å². The van der Waals surface area contributed by atoms with Crippen LogP contribution in [0.2, 0.25) is 0 Å². The predicted molar refractivity (Wildman–Crippen MR) is 65.9 cm³/mol. The predicted octanol–water partition coefficient (Wildman–Crippen LogP) is 1.89. The maximum absolute atomic E-state index is 12.6. The average molecular weight is 251 g/mol. The number of fused-ring (bicyclic) bond motifs is 2. The fourth-order valence-electron chi connectivity index (χ4n) is 4.21. The van der Waals surface area contributed by atoms with Crippen LogP contribution in [0.3, 0.4) is 0 Å². The quantitative estimate of drug-likeness (QED) is 0.815. The minimum absolute atomic E-state index is 0.128. The summed E-state index contributed by atoms with van der Waals surface area (Å²) in [5.41, 5.74) is 0. The van der Waals surface area contributed by atoms with E-state index in [-0.39, 0.29) is 11.8 Å². The first-order valence-corrected chi connectivity index (χ1v) is 7.20. The zero-order valence-electron chi connectivity index (χ0n) is 10.7. The number of carboxylic acid groups (broad SMARTS) is 1. The molecule has 0 radical (unpaired) electrons. The van der Waals surface area contributed by atoms with Gasteiger partial charge in [-0.1, -0.05) is 6.42 Å². The van der Waals surface area contributed by atoms with E-state index in [1.165, 1.54) is 19.3 Å². The summed E-state index contributed by atoms with van der Waals surface area (Å²) < 4.78 is 0. The molecule has 18 heavy (non-hydrogen) atoms. The summed E-state index contributed by atoms with van der Waals surface area (Å²) in [6.07, 6.45) is 7.16. The van der Waals surface area contributed by atoms with E-state index in [1.807, 2.05) is 0 Å². The molecule has 4 heteroatoms. The second-order valence-electron chi connectivity index (χ2n) is 6.16. The molecule has 3 rings (SSSR count). The fraction of sp³-hybridized carbons (Fsp3) is 0.857. The molecule has 1 N–H and O–H groups in total. The minimum atomic E-state index is -0.828. The highest BCUT2D eigenvalue weighted by Crippen LogP contribution is 2.49. The smallest absolute Gasteiger partial charge is 0.326 e. The van der Waals surface area contributed by atoms with Crippen LogP contribution >= 0.6 is 0 Å². The van der Waals surface area contributed by atoms with E-state index in [2.05, 4.69) is 0 Å². The summed E-state index contributed by atoms with van der Waals surface area (Å²) in [5, 5.41) is 9.24. The molecule has 0 aromatic carbocycles. The highest BCUT2D eigenvalue weighted by molar-refractivity contribution is 5.85. The van der Waals surface area contributed by atoms with Crippen LogP contribution < -0.4 is 0 Å². The molecule has 2 bridgehead atoms. The van der Waals surface area contributed by atoms with Crippen molar-refractivity contribution in [3.05, 3.63) is 0 Å². The number of nitrogens with zero attached hydrogens (tertiary/aromatic N) is 1. The van der Waals surface area contributed by atoms with E-state index < -0.39 is 12.0 Å². The number of carboxylic acids is 1. The van der Waals surface area contributed by atoms with Crippen molar-refractivity contribution in [3.8, 4) is 0 Å². The maximum Gasteiger partial charge on any atom is 0.326 e. The van der Waals surface area contributed by atoms with Gasteiger partial charge in [0.05, 0.1) is 0 Å². The summed E-state index contributed by atoms with van der Waals surface area (Å²) >= 11 is 0. The molecule has 1 heterocycles. The van der Waals surface area contributed by atoms with Gasteiger partial charge in [0.15, 0.2) is 0 Å². The summed E-state index contributed by atoms with van der Waals surface area (Å²) in [5.74, 6) is 0.708. The molecule has 3 aliphatic rings. The van der Waals surface area contributed by atoms with Crippen molar-refractivity contribution in [2.45, 2.75) is 51.0 Å². The van der Waals surface area contributed by atoms with Crippen molar-refractivity contribution in [2.24, 2.45) is 17.8 Å². The first-order chi connectivity index (χ1) is 8.66. The molecule has 4 atom stereocenters. The Morgan fingerprint density at radius 2 is 1.89 bits per heavy atom. The average Bonchev–Trinajstić information content (AvgIpc) is 3.00. The van der Waals surface area contributed by atoms with Crippen LogP contribution in [-0.4, -0.2) is 34.5 Å². The number of piperidine rings is 1. The highest BCUT2D eigenvalue weighted by Gasteiger charge is 2.46. The van der Waals surface area contributed by atoms with Crippen LogP contribution in [0, 0.1) is 17.8 Å². The van der Waals surface area contributed by atoms with Crippen molar-refractivity contribution in [3.63, 3.8) is 0 Å². The highest BCUT2D eigenvalue weighted by atomic mass is 16.4. The van der Waals surface area contributed by atoms with Crippen LogP contribution in [0.15, 0.2) is 0 Å². The number of amides is 1. The molecule has 0 aromatic heterocycles. The Kier molecular flexibility index (Phi) is 3.04. The summed E-state index contributed by atoms with van der Waals surface area (Å²) in [6, 6.07) is -0.564. The van der Waals surface area contributed by atoms with Crippen LogP contribution in [0.4, 0.5) is 0 Å². The number of aliphatic carboxylic acids is 1. The van der Waals surface area contributed by atoms with Gasteiger partial charge in [0.25, 0.3) is 0 Å². The minimum Gasteiger partial charge on any atom is -0.480 e. The van der Waals surface area contributed by atoms with Gasteiger partial charge in [-0.3, -0.25) is 4.79 Å². The lowest BCUT2D eigenvalue weighted by molar-refractivity contribution is -0.154. The fourth-order valence-corrected chi connectivity index (χ4v) is 4.21. The van der Waals surface area contributed by atoms with Gasteiger partial charge < -0.3 is 10.0 Å². The summed E-state index contributed by atoms with van der Waals surface area (Å²) in [6.45, 7) is 0.643. The van der Waals surface area contributed by atoms with Gasteiger partial charge in [0.2, 0.25) is 5.91 Å². The molecule has 100 valence electrons. The Balaban J connectivity index is 1.72. The Morgan fingerprint density at radius 1 is 1.06 bits per heavy atom. The molecule has 1 saturated heterocycles. The van der Waals surface area contributed by atoms with Crippen LogP contribution in [0.5, 0.6) is 0 Å². The molecule has 2 saturated carbocycles. The standard InChI is InChI=1S/C14H21NO3/c16-13(11-8-9-4-5-10(11)7-9)15-6-2-1-3-12(15)14(17)18/h9-12H,1-8H2,(H,17,18)/t9?,10?,11?,12-/m0/s1. The Bertz CT molecular complexity index is 368. The molecule has 2 aliphatic carbocycles. The van der Waals surface area contributed by atoms with E-state index in [1.54, 1.807) is 4.90 Å². The van der Waals surface area contributed by atoms with Crippen molar-refractivity contribution in [1.29, 1.82) is 0 Å². The largest absolute Gasteiger partial charge is 0.480 e. The van der Waals surface area contributed by atoms with Gasteiger partial charge in [-0.05, 0) is 50.4 Å². The molecular formula is C14H21NO3. The van der Waals surface area contributed by atoms with Gasteiger partial charge in [0.1, 0.15) is 6.04 Å². The first-order valence-electron chi connectivity index (χ1n) is 7.20. The van der Waals surface area contributed by atoms with E-state index in [0.29, 0.717) is 18.9 Å². The lowest BCUT2D eigenvalue weighted by Gasteiger charge is -2.36. The van der Waals surface area contributed by atoms with Crippen molar-refractivity contribution in [1.82, 2.24) is 4.90 Å². The van der Waals surface area contributed by atoms with E-state index in [4.69, 9.17) is 0 Å². The second kappa shape index (κ2) is 4.56. The van der Waals surface area contributed by atoms with E-state index in [9.17, 15) is 14.7 Å². The number of carbonyl (C=O) groups is 2. The van der Waals surface area contributed by atoms with Gasteiger partial charge in [-0.2, -0.15) is 0 Å². The van der Waals surface area contributed by atoms with Crippen LogP contribution in [0.1, 0.15) is 44.9 Å². The number of carbonyl (C=O) groups excluding carboxylic acids is 1. The third-order valence-corrected chi connectivity index (χ3v) is 5.13. The van der Waals surface area contributed by atoms with Crippen molar-refractivity contribution >= 4 is 11.9 Å². The zero-order valence-corrected chi connectivity index (χ0v) is 10.7. The Morgan fingerprint density at radius 3 is 2.50 bits per heavy atom. The van der Waals surface area contributed by atoms with E-state index in [0.717, 1.165) is 25.2 Å². The number of likely N-dealkylation sites (tertiary alicyclic amines) is 1. The van der Waals surface area contributed by atoms with Crippen molar-refractivity contribution < 1.29 is 14.7 Å². The van der Waals surface area contributed by atoms with Gasteiger partial charge in [-0.25, -0.2) is 4.79 Å². The number of rotatable bonds is 2. The maximum atomic E-state index is 12.6. The zero-order chi connectivity index (χ0) is 12.7. The number of hydrogen-bond donors (Lipinski definition) is 1. The molecule has 1 aliphatic heterocycles. The van der Waals surface area contributed by atoms with Crippen molar-refractivity contribution in [2.75, 3.05) is 6.54 Å². The molecule has 0 spiro atoms. The topological polar surface area (TPSA) is 57.6 Å². The second-order valence-corrected chi connectivity index (χ2v) is 6.16. The van der Waals surface area contributed by atoms with Gasteiger partial charge in [-0.15, -0.1) is 0 Å².